The molecule has 0 aromatic rings. The normalized spacial score (nSPS) is 32.0. The van der Waals surface area contributed by atoms with Crippen molar-refractivity contribution in [2.75, 3.05) is 26.4 Å². The van der Waals surface area contributed by atoms with Gasteiger partial charge < -0.3 is 14.6 Å². The number of aliphatic hydroxyl groups excluding tert-OH is 1. The molecule has 0 saturated carbocycles. The molecule has 0 unspecified atom stereocenters. The summed E-state index contributed by atoms with van der Waals surface area (Å²) in [5, 5.41) is 8.55. The molecule has 6 heteroatoms. The van der Waals surface area contributed by atoms with E-state index in [1.165, 1.54) is 0 Å². The smallest absolute Gasteiger partial charge is 0.393 e. The molecule has 0 aromatic heterocycles. The molecule has 1 rings (SSSR count). The molecule has 0 aliphatic carbocycles. The minimum atomic E-state index is -4.58. The first-order valence-corrected chi connectivity index (χ1v) is 3.41. The fourth-order valence-electron chi connectivity index (χ4n) is 0.919. The van der Waals surface area contributed by atoms with Crippen LogP contribution in [0.15, 0.2) is 0 Å². The van der Waals surface area contributed by atoms with E-state index in [1.54, 1.807) is 0 Å². The minimum Gasteiger partial charge on any atom is -0.393 e. The summed E-state index contributed by atoms with van der Waals surface area (Å²) in [6.45, 7) is -1.73. The van der Waals surface area contributed by atoms with Crippen LogP contribution in [0, 0.1) is 0 Å². The average molecular weight is 186 g/mol. The summed E-state index contributed by atoms with van der Waals surface area (Å²) in [5.41, 5.74) is -2.51. The van der Waals surface area contributed by atoms with Gasteiger partial charge in [-0.2, -0.15) is 13.2 Å². The highest BCUT2D eigenvalue weighted by atomic mass is 19.4. The minimum absolute atomic E-state index is 0.137. The summed E-state index contributed by atoms with van der Waals surface area (Å²) in [6, 6.07) is 0. The quantitative estimate of drug-likeness (QED) is 0.641. The van der Waals surface area contributed by atoms with Gasteiger partial charge in [0.25, 0.3) is 0 Å². The lowest BCUT2D eigenvalue weighted by atomic mass is 10.1. The molecule has 0 bridgehead atoms. The van der Waals surface area contributed by atoms with Crippen LogP contribution in [0.3, 0.4) is 0 Å². The first-order chi connectivity index (χ1) is 5.52. The van der Waals surface area contributed by atoms with Crippen LogP contribution in [0.4, 0.5) is 13.2 Å². The van der Waals surface area contributed by atoms with Crippen molar-refractivity contribution < 1.29 is 27.8 Å². The molecule has 1 aliphatic rings. The molecule has 0 amide bonds. The fraction of sp³-hybridized carbons (Fsp3) is 1.00. The predicted octanol–water partition coefficient (Wildman–Crippen LogP) is 0.327. The SMILES string of the molecule is OC[C@@]1(C(F)(F)F)COCCO1. The second-order valence-corrected chi connectivity index (χ2v) is 2.55. The highest BCUT2D eigenvalue weighted by Gasteiger charge is 2.57. The van der Waals surface area contributed by atoms with Gasteiger partial charge in [-0.1, -0.05) is 0 Å². The lowest BCUT2D eigenvalue weighted by Crippen LogP contribution is -2.57. The van der Waals surface area contributed by atoms with Gasteiger partial charge >= 0.3 is 6.18 Å². The topological polar surface area (TPSA) is 38.7 Å². The Morgan fingerprint density at radius 3 is 2.25 bits per heavy atom. The van der Waals surface area contributed by atoms with Crippen LogP contribution in [0.1, 0.15) is 0 Å². The van der Waals surface area contributed by atoms with Crippen LogP contribution < -0.4 is 0 Å². The number of ether oxygens (including phenoxy) is 2. The standard InChI is InChI=1S/C6H9F3O3/c7-6(8,9)5(3-10)4-11-1-2-12-5/h10H,1-4H2/t5-/m0/s1. The molecule has 1 heterocycles. The van der Waals surface area contributed by atoms with Crippen LogP contribution in [0.2, 0.25) is 0 Å². The van der Waals surface area contributed by atoms with Crippen molar-refractivity contribution in [3.05, 3.63) is 0 Å². The van der Waals surface area contributed by atoms with Crippen molar-refractivity contribution in [2.45, 2.75) is 11.8 Å². The van der Waals surface area contributed by atoms with Crippen LogP contribution in [0.5, 0.6) is 0 Å². The Hall–Kier alpha value is -0.330. The molecular weight excluding hydrogens is 177 g/mol. The molecule has 0 radical (unpaired) electrons. The van der Waals surface area contributed by atoms with Crippen LogP contribution in [-0.4, -0.2) is 43.3 Å². The molecule has 1 atom stereocenters. The Labute approximate surface area is 67.1 Å². The Kier molecular flexibility index (Phi) is 2.60. The molecular formula is C6H9F3O3. The van der Waals surface area contributed by atoms with Gasteiger partial charge in [0.15, 0.2) is 0 Å². The summed E-state index contributed by atoms with van der Waals surface area (Å²) in [6.07, 6.45) is -4.58. The number of hydrogen-bond acceptors (Lipinski definition) is 3. The van der Waals surface area contributed by atoms with Gasteiger partial charge in [0.1, 0.15) is 0 Å². The molecule has 0 spiro atoms. The van der Waals surface area contributed by atoms with Crippen LogP contribution >= 0.6 is 0 Å². The van der Waals surface area contributed by atoms with Gasteiger partial charge in [0.2, 0.25) is 5.60 Å². The van der Waals surface area contributed by atoms with Crippen LogP contribution in [-0.2, 0) is 9.47 Å². The largest absolute Gasteiger partial charge is 0.422 e. The van der Waals surface area contributed by atoms with Crippen molar-refractivity contribution in [2.24, 2.45) is 0 Å². The summed E-state index contributed by atoms with van der Waals surface area (Å²) >= 11 is 0. The number of rotatable bonds is 1. The molecule has 1 fully saturated rings. The second-order valence-electron chi connectivity index (χ2n) is 2.55. The fourth-order valence-corrected chi connectivity index (χ4v) is 0.919. The van der Waals surface area contributed by atoms with Gasteiger partial charge in [-0.3, -0.25) is 0 Å². The third kappa shape index (κ3) is 1.55. The van der Waals surface area contributed by atoms with Gasteiger partial charge in [0, 0.05) is 0 Å². The third-order valence-electron chi connectivity index (χ3n) is 1.71. The Balaban J connectivity index is 2.73. The van der Waals surface area contributed by atoms with E-state index >= 15 is 0 Å². The Morgan fingerprint density at radius 2 is 2.00 bits per heavy atom. The summed E-state index contributed by atoms with van der Waals surface area (Å²) in [4.78, 5) is 0. The summed E-state index contributed by atoms with van der Waals surface area (Å²) in [5.74, 6) is 0. The maximum atomic E-state index is 12.2. The Bertz CT molecular complexity index is 151. The molecule has 72 valence electrons. The van der Waals surface area contributed by atoms with E-state index in [0.717, 1.165) is 0 Å². The van der Waals surface area contributed by atoms with Crippen molar-refractivity contribution in [1.82, 2.24) is 0 Å². The lowest BCUT2D eigenvalue weighted by Gasteiger charge is -2.36. The van der Waals surface area contributed by atoms with E-state index < -0.39 is 25.0 Å². The Morgan fingerprint density at radius 1 is 1.33 bits per heavy atom. The van der Waals surface area contributed by atoms with E-state index in [2.05, 4.69) is 9.47 Å². The summed E-state index contributed by atoms with van der Waals surface area (Å²) in [7, 11) is 0. The van der Waals surface area contributed by atoms with E-state index in [-0.39, 0.29) is 13.2 Å². The van der Waals surface area contributed by atoms with Gasteiger partial charge in [-0.05, 0) is 0 Å². The van der Waals surface area contributed by atoms with Gasteiger partial charge in [-0.25, -0.2) is 0 Å². The van der Waals surface area contributed by atoms with Crippen molar-refractivity contribution in [3.63, 3.8) is 0 Å². The first kappa shape index (κ1) is 9.76. The lowest BCUT2D eigenvalue weighted by molar-refractivity contribution is -0.321. The molecule has 1 saturated heterocycles. The summed E-state index contributed by atoms with van der Waals surface area (Å²) < 4.78 is 45.8. The highest BCUT2D eigenvalue weighted by Crippen LogP contribution is 2.35. The molecule has 0 aromatic carbocycles. The zero-order valence-electron chi connectivity index (χ0n) is 6.23. The third-order valence-corrected chi connectivity index (χ3v) is 1.71. The molecule has 1 aliphatic heterocycles. The maximum absolute atomic E-state index is 12.2. The van der Waals surface area contributed by atoms with Crippen molar-refractivity contribution in [1.29, 1.82) is 0 Å². The number of halogens is 3. The van der Waals surface area contributed by atoms with Gasteiger partial charge in [-0.15, -0.1) is 0 Å². The second kappa shape index (κ2) is 3.20. The number of alkyl halides is 3. The zero-order chi connectivity index (χ0) is 9.24. The van der Waals surface area contributed by atoms with E-state index in [1.807, 2.05) is 0 Å². The molecule has 3 nitrogen and oxygen atoms in total. The van der Waals surface area contributed by atoms with Gasteiger partial charge in [0.05, 0.1) is 26.4 Å². The van der Waals surface area contributed by atoms with E-state index in [9.17, 15) is 13.2 Å². The van der Waals surface area contributed by atoms with Crippen molar-refractivity contribution in [3.8, 4) is 0 Å². The highest BCUT2D eigenvalue weighted by molar-refractivity contribution is 4.89. The van der Waals surface area contributed by atoms with Crippen LogP contribution in [0.25, 0.3) is 0 Å². The maximum Gasteiger partial charge on any atom is 0.422 e. The molecule has 12 heavy (non-hydrogen) atoms. The average Bonchev–Trinajstić information content (AvgIpc) is 2.04. The number of hydrogen-bond donors (Lipinski definition) is 1. The van der Waals surface area contributed by atoms with Crippen molar-refractivity contribution >= 4 is 0 Å². The van der Waals surface area contributed by atoms with E-state index in [0.29, 0.717) is 0 Å². The number of aliphatic hydroxyl groups is 1. The molecule has 1 N–H and O–H groups in total. The monoisotopic (exact) mass is 186 g/mol. The first-order valence-electron chi connectivity index (χ1n) is 3.41. The van der Waals surface area contributed by atoms with E-state index in [4.69, 9.17) is 5.11 Å². The zero-order valence-corrected chi connectivity index (χ0v) is 6.23. The predicted molar refractivity (Wildman–Crippen MR) is 32.6 cm³/mol.